The summed E-state index contributed by atoms with van der Waals surface area (Å²) in [4.78, 5) is 42.4. The highest BCUT2D eigenvalue weighted by atomic mass is 32.1. The number of carbonyl (C=O) groups excluding carboxylic acids is 2. The zero-order chi connectivity index (χ0) is 23.5. The van der Waals surface area contributed by atoms with E-state index in [1.54, 1.807) is 31.4 Å². The lowest BCUT2D eigenvalue weighted by atomic mass is 9.97. The minimum absolute atomic E-state index is 0.0663. The van der Waals surface area contributed by atoms with Crippen molar-refractivity contribution in [1.82, 2.24) is 14.8 Å². The summed E-state index contributed by atoms with van der Waals surface area (Å²) in [5, 5.41) is 5.34. The molecule has 2 aromatic heterocycles. The fourth-order valence-electron chi connectivity index (χ4n) is 3.90. The van der Waals surface area contributed by atoms with Crippen LogP contribution in [-0.2, 0) is 4.79 Å². The van der Waals surface area contributed by atoms with Gasteiger partial charge in [-0.2, -0.15) is 0 Å². The number of hydrogen-bond donors (Lipinski definition) is 1. The summed E-state index contributed by atoms with van der Waals surface area (Å²) in [6.45, 7) is 12.6. The van der Waals surface area contributed by atoms with Crippen molar-refractivity contribution in [1.29, 1.82) is 0 Å². The van der Waals surface area contributed by atoms with Crippen molar-refractivity contribution < 1.29 is 14.3 Å². The number of carbonyl (C=O) groups is 2. The number of thiophene rings is 1. The summed E-state index contributed by atoms with van der Waals surface area (Å²) >= 11 is 1.40. The zero-order valence-electron chi connectivity index (χ0n) is 19.8. The summed E-state index contributed by atoms with van der Waals surface area (Å²) in [5.41, 5.74) is -1.29. The molecule has 0 bridgehead atoms. The van der Waals surface area contributed by atoms with Crippen LogP contribution in [0.1, 0.15) is 76.7 Å². The highest BCUT2D eigenvalue weighted by molar-refractivity contribution is 7.16. The van der Waals surface area contributed by atoms with Crippen LogP contribution < -0.4 is 15.6 Å². The number of piperidine rings is 1. The van der Waals surface area contributed by atoms with Crippen LogP contribution in [0, 0.1) is 5.41 Å². The van der Waals surface area contributed by atoms with Gasteiger partial charge in [-0.05, 0) is 85.0 Å². The second kappa shape index (κ2) is 10.2. The van der Waals surface area contributed by atoms with Gasteiger partial charge < -0.3 is 15.0 Å². The van der Waals surface area contributed by atoms with E-state index in [4.69, 9.17) is 4.74 Å². The predicted octanol–water partition coefficient (Wildman–Crippen LogP) is 4.20. The molecule has 1 saturated heterocycles. The molecule has 1 aliphatic rings. The summed E-state index contributed by atoms with van der Waals surface area (Å²) in [5.74, 6) is -0.907. The summed E-state index contributed by atoms with van der Waals surface area (Å²) in [7, 11) is 0. The molecule has 1 aliphatic heterocycles. The Kier molecular flexibility index (Phi) is 7.77. The maximum Gasteiger partial charge on any atom is 0.316 e. The lowest BCUT2D eigenvalue weighted by molar-refractivity contribution is -0.142. The highest BCUT2D eigenvalue weighted by Crippen LogP contribution is 2.34. The SMILES string of the molecule is CC(C)n1c(=O)c(C(=O)NCCCN2CCCCC2)c(OC(=O)C(C)(C)C)c2ccsc21. The van der Waals surface area contributed by atoms with Gasteiger partial charge in [0.05, 0.1) is 10.8 Å². The Bertz CT molecular complexity index is 1030. The van der Waals surface area contributed by atoms with E-state index >= 15 is 0 Å². The van der Waals surface area contributed by atoms with Crippen molar-refractivity contribution >= 4 is 33.4 Å². The number of amides is 1. The first-order valence-electron chi connectivity index (χ1n) is 11.5. The molecule has 0 aliphatic carbocycles. The first-order chi connectivity index (χ1) is 15.1. The molecule has 1 amide bonds. The minimum Gasteiger partial charge on any atom is -0.424 e. The Hall–Kier alpha value is -2.19. The van der Waals surface area contributed by atoms with Crippen LogP contribution in [-0.4, -0.2) is 47.5 Å². The van der Waals surface area contributed by atoms with Gasteiger partial charge in [-0.25, -0.2) is 0 Å². The third-order valence-corrected chi connectivity index (χ3v) is 6.62. The minimum atomic E-state index is -0.766. The standard InChI is InChI=1S/C24H35N3O4S/c1-16(2)27-21(29)18(20(28)25-11-9-14-26-12-7-6-8-13-26)19(17-10-15-32-22(17)27)31-23(30)24(3,4)5/h10,15-16H,6-9,11-14H2,1-5H3,(H,25,28). The lowest BCUT2D eigenvalue weighted by Crippen LogP contribution is -2.37. The molecule has 0 aromatic carbocycles. The molecular formula is C24H35N3O4S. The Balaban J connectivity index is 1.89. The number of likely N-dealkylation sites (tertiary alicyclic amines) is 1. The maximum absolute atomic E-state index is 13.4. The number of aromatic nitrogens is 1. The van der Waals surface area contributed by atoms with Crippen molar-refractivity contribution in [2.45, 2.75) is 66.3 Å². The fraction of sp³-hybridized carbons (Fsp3) is 0.625. The Morgan fingerprint density at radius 3 is 2.50 bits per heavy atom. The predicted molar refractivity (Wildman–Crippen MR) is 129 cm³/mol. The van der Waals surface area contributed by atoms with Crippen LogP contribution in [0.25, 0.3) is 10.2 Å². The lowest BCUT2D eigenvalue weighted by Gasteiger charge is -2.26. The Morgan fingerprint density at radius 2 is 1.88 bits per heavy atom. The van der Waals surface area contributed by atoms with Gasteiger partial charge in [-0.1, -0.05) is 6.42 Å². The maximum atomic E-state index is 13.4. The summed E-state index contributed by atoms with van der Waals surface area (Å²) in [6, 6.07) is 1.66. The molecule has 3 heterocycles. The molecule has 0 radical (unpaired) electrons. The van der Waals surface area contributed by atoms with Crippen LogP contribution in [0.3, 0.4) is 0 Å². The second-order valence-electron chi connectivity index (χ2n) is 9.76. The molecule has 176 valence electrons. The molecule has 0 atom stereocenters. The highest BCUT2D eigenvalue weighted by Gasteiger charge is 2.30. The molecule has 7 nitrogen and oxygen atoms in total. The second-order valence-corrected chi connectivity index (χ2v) is 10.7. The van der Waals surface area contributed by atoms with Crippen LogP contribution in [0.2, 0.25) is 0 Å². The number of ether oxygens (including phenoxy) is 1. The van der Waals surface area contributed by atoms with E-state index < -0.39 is 22.9 Å². The third kappa shape index (κ3) is 5.41. The quantitative estimate of drug-likeness (QED) is 0.494. The van der Waals surface area contributed by atoms with Crippen molar-refractivity contribution in [3.05, 3.63) is 27.4 Å². The van der Waals surface area contributed by atoms with E-state index in [0.717, 1.165) is 26.1 Å². The molecule has 8 heteroatoms. The van der Waals surface area contributed by atoms with Crippen molar-refractivity contribution in [2.24, 2.45) is 5.41 Å². The zero-order valence-corrected chi connectivity index (χ0v) is 20.6. The van der Waals surface area contributed by atoms with Crippen molar-refractivity contribution in [2.75, 3.05) is 26.2 Å². The molecule has 3 rings (SSSR count). The number of hydrogen-bond acceptors (Lipinski definition) is 6. The van der Waals surface area contributed by atoms with Gasteiger partial charge in [0.1, 0.15) is 10.4 Å². The number of esters is 1. The van der Waals surface area contributed by atoms with Gasteiger partial charge in [-0.15, -0.1) is 11.3 Å². The van der Waals surface area contributed by atoms with Gasteiger partial charge in [0, 0.05) is 12.6 Å². The van der Waals surface area contributed by atoms with Crippen molar-refractivity contribution in [3.63, 3.8) is 0 Å². The van der Waals surface area contributed by atoms with E-state index in [0.29, 0.717) is 16.8 Å². The van der Waals surface area contributed by atoms with Gasteiger partial charge in [-0.3, -0.25) is 19.0 Å². The van der Waals surface area contributed by atoms with E-state index in [2.05, 4.69) is 10.2 Å². The van der Waals surface area contributed by atoms with Gasteiger partial charge in [0.25, 0.3) is 11.5 Å². The third-order valence-electron chi connectivity index (χ3n) is 5.70. The summed E-state index contributed by atoms with van der Waals surface area (Å²) in [6.07, 6.45) is 4.55. The van der Waals surface area contributed by atoms with E-state index in [9.17, 15) is 14.4 Å². The van der Waals surface area contributed by atoms with E-state index in [-0.39, 0.29) is 17.4 Å². The fourth-order valence-corrected chi connectivity index (χ4v) is 4.93. The number of rotatable bonds is 7. The van der Waals surface area contributed by atoms with Crippen LogP contribution in [0.15, 0.2) is 16.2 Å². The van der Waals surface area contributed by atoms with Gasteiger partial charge >= 0.3 is 5.97 Å². The molecule has 1 fully saturated rings. The smallest absolute Gasteiger partial charge is 0.316 e. The first kappa shape index (κ1) is 24.5. The first-order valence-corrected chi connectivity index (χ1v) is 12.4. The van der Waals surface area contributed by atoms with Crippen LogP contribution >= 0.6 is 11.3 Å². The van der Waals surface area contributed by atoms with Crippen LogP contribution in [0.5, 0.6) is 5.75 Å². The van der Waals surface area contributed by atoms with Crippen molar-refractivity contribution in [3.8, 4) is 5.75 Å². The number of nitrogens with zero attached hydrogens (tertiary/aromatic N) is 2. The van der Waals surface area contributed by atoms with Gasteiger partial charge in [0.15, 0.2) is 5.75 Å². The summed E-state index contributed by atoms with van der Waals surface area (Å²) < 4.78 is 7.31. The molecule has 2 aromatic rings. The molecule has 0 saturated carbocycles. The largest absolute Gasteiger partial charge is 0.424 e. The Labute approximate surface area is 193 Å². The normalized spacial score (nSPS) is 15.3. The molecule has 0 spiro atoms. The topological polar surface area (TPSA) is 80.6 Å². The van der Waals surface area contributed by atoms with E-state index in [1.807, 2.05) is 19.2 Å². The van der Waals surface area contributed by atoms with Crippen LogP contribution in [0.4, 0.5) is 0 Å². The number of nitrogens with one attached hydrogen (secondary N) is 1. The number of pyridine rings is 1. The van der Waals surface area contributed by atoms with E-state index in [1.165, 1.54) is 30.6 Å². The molecular weight excluding hydrogens is 426 g/mol. The Morgan fingerprint density at radius 1 is 1.19 bits per heavy atom. The average Bonchev–Trinajstić information content (AvgIpc) is 3.20. The number of fused-ring (bicyclic) bond motifs is 1. The monoisotopic (exact) mass is 461 g/mol. The average molecular weight is 462 g/mol. The van der Waals surface area contributed by atoms with Gasteiger partial charge in [0.2, 0.25) is 0 Å². The molecule has 1 N–H and O–H groups in total. The molecule has 0 unspecified atom stereocenters. The molecule has 32 heavy (non-hydrogen) atoms.